The smallest absolute Gasteiger partial charge is 0.346 e. The first-order valence-corrected chi connectivity index (χ1v) is 3.22. The lowest BCUT2D eigenvalue weighted by molar-refractivity contribution is -0.141. The minimum Gasteiger partial charge on any atom is -0.477 e. The van der Waals surface area contributed by atoms with E-state index in [1.807, 2.05) is 0 Å². The summed E-state index contributed by atoms with van der Waals surface area (Å²) in [6, 6.07) is 0. The average molecular weight is 188 g/mol. The number of carboxylic acid groups (broad SMARTS) is 2. The number of carboxylic acids is 2. The normalized spacial score (nSPS) is 8.77. The Morgan fingerprint density at radius 3 is 1.62 bits per heavy atom. The van der Waals surface area contributed by atoms with Crippen LogP contribution in [0.1, 0.15) is 13.8 Å². The quantitative estimate of drug-likeness (QED) is 0.212. The molecular weight excluding hydrogens is 180 g/mol. The summed E-state index contributed by atoms with van der Waals surface area (Å²) in [6.45, 7) is 2.14. The number of hydrogen-bond donors (Lipinski definition) is 2. The van der Waals surface area contributed by atoms with Gasteiger partial charge in [-0.25, -0.2) is 9.59 Å². The number of rotatable bonds is 3. The molecule has 0 saturated heterocycles. The maximum atomic E-state index is 10.4. The first kappa shape index (κ1) is 11.2. The van der Waals surface area contributed by atoms with E-state index in [9.17, 15) is 14.4 Å². The Labute approximate surface area is 73.4 Å². The van der Waals surface area contributed by atoms with Crippen LogP contribution in [0.2, 0.25) is 0 Å². The zero-order valence-electron chi connectivity index (χ0n) is 7.03. The van der Waals surface area contributed by atoms with Crippen molar-refractivity contribution in [2.45, 2.75) is 13.8 Å². The number of aliphatic carboxylic acids is 2. The summed E-state index contributed by atoms with van der Waals surface area (Å²) in [5.74, 6) is -4.50. The van der Waals surface area contributed by atoms with Gasteiger partial charge in [-0.1, -0.05) is 0 Å². The predicted molar refractivity (Wildman–Crippen MR) is 39.7 cm³/mol. The van der Waals surface area contributed by atoms with E-state index in [0.717, 1.165) is 13.8 Å². The summed E-state index contributed by atoms with van der Waals surface area (Å²) in [4.78, 5) is 31.0. The van der Waals surface area contributed by atoms with Crippen molar-refractivity contribution in [1.29, 1.82) is 0 Å². The van der Waals surface area contributed by atoms with Crippen molar-refractivity contribution in [2.24, 2.45) is 0 Å². The van der Waals surface area contributed by atoms with Crippen LogP contribution >= 0.6 is 0 Å². The van der Waals surface area contributed by atoms with Gasteiger partial charge in [-0.05, 0) is 6.92 Å². The number of ether oxygens (including phenoxy) is 1. The lowest BCUT2D eigenvalue weighted by Gasteiger charge is -2.02. The van der Waals surface area contributed by atoms with E-state index in [0.29, 0.717) is 0 Å². The molecule has 0 amide bonds. The highest BCUT2D eigenvalue weighted by molar-refractivity contribution is 6.13. The van der Waals surface area contributed by atoms with Gasteiger partial charge in [0.25, 0.3) is 0 Å². The highest BCUT2D eigenvalue weighted by Gasteiger charge is 2.21. The van der Waals surface area contributed by atoms with E-state index in [2.05, 4.69) is 4.74 Å². The number of carbonyl (C=O) groups is 3. The lowest BCUT2D eigenvalue weighted by Crippen LogP contribution is -2.15. The molecule has 0 atom stereocenters. The highest BCUT2D eigenvalue weighted by atomic mass is 16.5. The minimum atomic E-state index is -1.65. The van der Waals surface area contributed by atoms with E-state index in [-0.39, 0.29) is 0 Å². The Hall–Kier alpha value is -1.85. The number of hydrogen-bond acceptors (Lipinski definition) is 4. The molecule has 13 heavy (non-hydrogen) atoms. The Balaban J connectivity index is 4.98. The van der Waals surface area contributed by atoms with Crippen LogP contribution in [0.15, 0.2) is 11.3 Å². The van der Waals surface area contributed by atoms with Crippen LogP contribution in [0.25, 0.3) is 0 Å². The third-order valence-corrected chi connectivity index (χ3v) is 1.08. The van der Waals surface area contributed by atoms with E-state index in [4.69, 9.17) is 10.2 Å². The number of esters is 1. The molecule has 2 N–H and O–H groups in total. The van der Waals surface area contributed by atoms with Crippen molar-refractivity contribution >= 4 is 17.9 Å². The Morgan fingerprint density at radius 1 is 1.00 bits per heavy atom. The molecule has 0 aromatic rings. The molecule has 0 heterocycles. The minimum absolute atomic E-state index is 0.437. The van der Waals surface area contributed by atoms with Gasteiger partial charge in [-0.2, -0.15) is 0 Å². The van der Waals surface area contributed by atoms with Crippen molar-refractivity contribution in [1.82, 2.24) is 0 Å². The lowest BCUT2D eigenvalue weighted by atomic mass is 10.2. The SMILES string of the molecule is CC(=O)OC(C)=C(C(=O)O)C(=O)O. The second-order valence-electron chi connectivity index (χ2n) is 2.14. The van der Waals surface area contributed by atoms with Gasteiger partial charge in [0, 0.05) is 6.92 Å². The van der Waals surface area contributed by atoms with Crippen LogP contribution in [0, 0.1) is 0 Å². The van der Waals surface area contributed by atoms with Gasteiger partial charge in [0.15, 0.2) is 5.57 Å². The maximum Gasteiger partial charge on any atom is 0.346 e. The molecule has 0 saturated carbocycles. The average Bonchev–Trinajstić information content (AvgIpc) is 1.81. The maximum absolute atomic E-state index is 10.4. The van der Waals surface area contributed by atoms with Crippen molar-refractivity contribution < 1.29 is 29.3 Å². The summed E-state index contributed by atoms with van der Waals surface area (Å²) in [5.41, 5.74) is -0.949. The first-order valence-electron chi connectivity index (χ1n) is 3.22. The van der Waals surface area contributed by atoms with E-state index >= 15 is 0 Å². The summed E-state index contributed by atoms with van der Waals surface area (Å²) in [7, 11) is 0. The molecule has 0 radical (unpaired) electrons. The molecule has 0 aliphatic rings. The Morgan fingerprint density at radius 2 is 1.38 bits per heavy atom. The molecule has 0 aromatic heterocycles. The second kappa shape index (κ2) is 4.24. The molecule has 0 spiro atoms. The summed E-state index contributed by atoms with van der Waals surface area (Å²) in [6.07, 6.45) is 0. The Kier molecular flexibility index (Phi) is 3.64. The fourth-order valence-corrected chi connectivity index (χ4v) is 0.659. The molecule has 72 valence electrons. The fourth-order valence-electron chi connectivity index (χ4n) is 0.659. The zero-order valence-corrected chi connectivity index (χ0v) is 7.03. The number of allylic oxidation sites excluding steroid dienone is 1. The van der Waals surface area contributed by atoms with Gasteiger partial charge >= 0.3 is 17.9 Å². The van der Waals surface area contributed by atoms with Gasteiger partial charge in [-0.3, -0.25) is 4.79 Å². The highest BCUT2D eigenvalue weighted by Crippen LogP contribution is 2.06. The van der Waals surface area contributed by atoms with E-state index in [1.54, 1.807) is 0 Å². The van der Waals surface area contributed by atoms with Crippen LogP contribution in [0.4, 0.5) is 0 Å². The molecule has 6 heteroatoms. The van der Waals surface area contributed by atoms with Crippen molar-refractivity contribution in [3.63, 3.8) is 0 Å². The van der Waals surface area contributed by atoms with Gasteiger partial charge in [-0.15, -0.1) is 0 Å². The zero-order chi connectivity index (χ0) is 10.6. The Bertz CT molecular complexity index is 271. The van der Waals surface area contributed by atoms with Crippen LogP contribution in [-0.4, -0.2) is 28.1 Å². The monoisotopic (exact) mass is 188 g/mol. The second-order valence-corrected chi connectivity index (χ2v) is 2.14. The molecule has 0 fully saturated rings. The predicted octanol–water partition coefficient (Wildman–Crippen LogP) is -0.00730. The van der Waals surface area contributed by atoms with Gasteiger partial charge in [0.1, 0.15) is 5.76 Å². The topological polar surface area (TPSA) is 101 Å². The largest absolute Gasteiger partial charge is 0.477 e. The van der Waals surface area contributed by atoms with E-state index in [1.165, 1.54) is 0 Å². The molecule has 0 unspecified atom stereocenters. The summed E-state index contributed by atoms with van der Waals surface area (Å²) in [5, 5.41) is 16.8. The molecule has 0 aliphatic heterocycles. The van der Waals surface area contributed by atoms with Crippen molar-refractivity contribution in [3.8, 4) is 0 Å². The van der Waals surface area contributed by atoms with Crippen molar-refractivity contribution in [3.05, 3.63) is 11.3 Å². The molecule has 6 nitrogen and oxygen atoms in total. The summed E-state index contributed by atoms with van der Waals surface area (Å²) >= 11 is 0. The molecular formula is C7H8O6. The van der Waals surface area contributed by atoms with Gasteiger partial charge in [0.2, 0.25) is 0 Å². The van der Waals surface area contributed by atoms with Crippen LogP contribution in [0.3, 0.4) is 0 Å². The van der Waals surface area contributed by atoms with Crippen LogP contribution in [-0.2, 0) is 19.1 Å². The van der Waals surface area contributed by atoms with E-state index < -0.39 is 29.2 Å². The third kappa shape index (κ3) is 3.37. The molecule has 0 bridgehead atoms. The summed E-state index contributed by atoms with van der Waals surface area (Å²) < 4.78 is 4.31. The molecule has 0 rings (SSSR count). The van der Waals surface area contributed by atoms with Crippen LogP contribution < -0.4 is 0 Å². The number of carbonyl (C=O) groups excluding carboxylic acids is 1. The van der Waals surface area contributed by atoms with Gasteiger partial charge in [0.05, 0.1) is 0 Å². The molecule has 0 aromatic carbocycles. The van der Waals surface area contributed by atoms with Crippen molar-refractivity contribution in [2.75, 3.05) is 0 Å². The van der Waals surface area contributed by atoms with Crippen LogP contribution in [0.5, 0.6) is 0 Å². The third-order valence-electron chi connectivity index (χ3n) is 1.08. The van der Waals surface area contributed by atoms with Gasteiger partial charge < -0.3 is 14.9 Å². The first-order chi connectivity index (χ1) is 5.86. The fraction of sp³-hybridized carbons (Fsp3) is 0.286. The standard InChI is InChI=1S/C7H8O6/c1-3(13-4(2)8)5(6(9)10)7(11)12/h1-2H3,(H,9,10)(H,11,12). The molecule has 0 aliphatic carbocycles.